The molecule has 19 heavy (non-hydrogen) atoms. The van der Waals surface area contributed by atoms with Gasteiger partial charge in [0.1, 0.15) is 9.84 Å². The van der Waals surface area contributed by atoms with Crippen molar-refractivity contribution in [3.8, 4) is 0 Å². The lowest BCUT2D eigenvalue weighted by Crippen LogP contribution is -2.29. The van der Waals surface area contributed by atoms with E-state index in [-0.39, 0.29) is 23.5 Å². The van der Waals surface area contributed by atoms with Crippen LogP contribution < -0.4 is 5.32 Å². The van der Waals surface area contributed by atoms with Crippen molar-refractivity contribution in [3.63, 3.8) is 0 Å². The Bertz CT molecular complexity index is 470. The predicted octanol–water partition coefficient (Wildman–Crippen LogP) is 0.614. The largest absolute Gasteiger partial charge is 0.317 e. The van der Waals surface area contributed by atoms with E-state index in [1.54, 1.807) is 6.92 Å². The van der Waals surface area contributed by atoms with Gasteiger partial charge in [-0.1, -0.05) is 6.92 Å². The highest BCUT2D eigenvalue weighted by Gasteiger charge is 2.29. The van der Waals surface area contributed by atoms with Crippen molar-refractivity contribution in [2.24, 2.45) is 5.92 Å². The van der Waals surface area contributed by atoms with Gasteiger partial charge < -0.3 is 5.32 Å². The van der Waals surface area contributed by atoms with Gasteiger partial charge in [0.25, 0.3) is 0 Å². The molecule has 2 atom stereocenters. The number of hydrogen-bond donors (Lipinski definition) is 1. The summed E-state index contributed by atoms with van der Waals surface area (Å²) >= 11 is 0. The van der Waals surface area contributed by atoms with Gasteiger partial charge in [0.2, 0.25) is 0 Å². The Hall–Kier alpha value is -0.140. The molecule has 1 aliphatic rings. The topological polar surface area (TPSA) is 80.3 Å². The molecule has 1 aliphatic heterocycles. The molecule has 0 aromatic carbocycles. The second kappa shape index (κ2) is 7.04. The summed E-state index contributed by atoms with van der Waals surface area (Å²) in [5, 5.41) is 3.17. The molecule has 1 fully saturated rings. The lowest BCUT2D eigenvalue weighted by Gasteiger charge is -2.19. The highest BCUT2D eigenvalue weighted by molar-refractivity contribution is 7.91. The molecule has 0 amide bonds. The SMILES string of the molecule is CCS(=O)(=O)CCCC(CC1CCS(=O)(=O)C1)NC. The zero-order chi connectivity index (χ0) is 14.5. The van der Waals surface area contributed by atoms with Gasteiger partial charge in [-0.25, -0.2) is 16.8 Å². The number of hydrogen-bond acceptors (Lipinski definition) is 5. The first-order valence-electron chi connectivity index (χ1n) is 6.86. The van der Waals surface area contributed by atoms with Crippen molar-refractivity contribution >= 4 is 19.7 Å². The van der Waals surface area contributed by atoms with Crippen molar-refractivity contribution in [1.29, 1.82) is 0 Å². The molecule has 0 saturated carbocycles. The van der Waals surface area contributed by atoms with Gasteiger partial charge in [-0.2, -0.15) is 0 Å². The van der Waals surface area contributed by atoms with E-state index in [0.717, 1.165) is 19.3 Å². The molecule has 1 heterocycles. The minimum atomic E-state index is -2.89. The van der Waals surface area contributed by atoms with Gasteiger partial charge in [-0.05, 0) is 38.6 Å². The summed E-state index contributed by atoms with van der Waals surface area (Å²) in [5.41, 5.74) is 0. The van der Waals surface area contributed by atoms with Crippen LogP contribution in [-0.4, -0.2) is 52.9 Å². The molecule has 5 nitrogen and oxygen atoms in total. The quantitative estimate of drug-likeness (QED) is 0.710. The molecule has 1 N–H and O–H groups in total. The monoisotopic (exact) mass is 311 g/mol. The van der Waals surface area contributed by atoms with E-state index in [0.29, 0.717) is 17.9 Å². The van der Waals surface area contributed by atoms with Crippen LogP contribution in [0.3, 0.4) is 0 Å². The van der Waals surface area contributed by atoms with E-state index in [4.69, 9.17) is 0 Å². The standard InChI is InChI=1S/C12H25NO4S2/c1-3-18(14,15)7-4-5-12(13-2)9-11-6-8-19(16,17)10-11/h11-13H,3-10H2,1-2H3. The van der Waals surface area contributed by atoms with Crippen molar-refractivity contribution in [2.45, 2.75) is 38.6 Å². The molecule has 0 spiro atoms. The Kier molecular flexibility index (Phi) is 6.26. The second-order valence-corrected chi connectivity index (χ2v) is 10.1. The maximum atomic E-state index is 11.4. The summed E-state index contributed by atoms with van der Waals surface area (Å²) in [6.07, 6.45) is 2.99. The van der Waals surface area contributed by atoms with Gasteiger partial charge in [0.05, 0.1) is 17.3 Å². The van der Waals surface area contributed by atoms with Crippen LogP contribution in [0, 0.1) is 5.92 Å². The van der Waals surface area contributed by atoms with Gasteiger partial charge in [0, 0.05) is 11.8 Å². The first-order valence-corrected chi connectivity index (χ1v) is 10.5. The number of rotatable bonds is 8. The molecular weight excluding hydrogens is 286 g/mol. The number of sulfone groups is 2. The molecular formula is C12H25NO4S2. The molecule has 0 radical (unpaired) electrons. The predicted molar refractivity (Wildman–Crippen MR) is 77.8 cm³/mol. The van der Waals surface area contributed by atoms with Crippen LogP contribution in [0.5, 0.6) is 0 Å². The molecule has 0 aromatic rings. The molecule has 0 bridgehead atoms. The zero-order valence-electron chi connectivity index (χ0n) is 11.8. The lowest BCUT2D eigenvalue weighted by molar-refractivity contribution is 0.404. The van der Waals surface area contributed by atoms with Crippen LogP contribution in [0.1, 0.15) is 32.6 Å². The Labute approximate surface area is 117 Å². The fraction of sp³-hybridized carbons (Fsp3) is 1.00. The molecule has 7 heteroatoms. The fourth-order valence-corrected chi connectivity index (χ4v) is 5.31. The maximum absolute atomic E-state index is 11.4. The summed E-state index contributed by atoms with van der Waals surface area (Å²) in [5.74, 6) is 1.24. The van der Waals surface area contributed by atoms with Crippen LogP contribution in [0.25, 0.3) is 0 Å². The average Bonchev–Trinajstić information content (AvgIpc) is 2.67. The minimum Gasteiger partial charge on any atom is -0.317 e. The molecule has 1 rings (SSSR count). The highest BCUT2D eigenvalue weighted by atomic mass is 32.2. The molecule has 0 aromatic heterocycles. The van der Waals surface area contributed by atoms with Crippen LogP contribution in [0.4, 0.5) is 0 Å². The molecule has 0 aliphatic carbocycles. The summed E-state index contributed by atoms with van der Waals surface area (Å²) < 4.78 is 45.6. The normalized spacial score (nSPS) is 24.4. The molecule has 114 valence electrons. The van der Waals surface area contributed by atoms with Crippen molar-refractivity contribution in [1.82, 2.24) is 5.32 Å². The van der Waals surface area contributed by atoms with E-state index in [2.05, 4.69) is 5.32 Å². The Morgan fingerprint density at radius 2 is 2.05 bits per heavy atom. The summed E-state index contributed by atoms with van der Waals surface area (Å²) in [6.45, 7) is 1.66. The van der Waals surface area contributed by atoms with E-state index >= 15 is 0 Å². The second-order valence-electron chi connectivity index (χ2n) is 5.37. The Morgan fingerprint density at radius 3 is 2.53 bits per heavy atom. The van der Waals surface area contributed by atoms with Crippen molar-refractivity contribution in [3.05, 3.63) is 0 Å². The first kappa shape index (κ1) is 16.9. The van der Waals surface area contributed by atoms with E-state index in [1.807, 2.05) is 7.05 Å². The van der Waals surface area contributed by atoms with Gasteiger partial charge in [-0.3, -0.25) is 0 Å². The smallest absolute Gasteiger partial charge is 0.150 e. The van der Waals surface area contributed by atoms with Gasteiger partial charge in [0.15, 0.2) is 9.84 Å². The summed E-state index contributed by atoms with van der Waals surface area (Å²) in [4.78, 5) is 0. The Balaban J connectivity index is 2.35. The minimum absolute atomic E-state index is 0.193. The van der Waals surface area contributed by atoms with Gasteiger partial charge >= 0.3 is 0 Å². The lowest BCUT2D eigenvalue weighted by atomic mass is 9.97. The van der Waals surface area contributed by atoms with E-state index < -0.39 is 19.7 Å². The van der Waals surface area contributed by atoms with E-state index in [1.165, 1.54) is 0 Å². The third kappa shape index (κ3) is 6.23. The van der Waals surface area contributed by atoms with Gasteiger partial charge in [-0.15, -0.1) is 0 Å². The summed E-state index contributed by atoms with van der Waals surface area (Å²) in [7, 11) is -3.86. The van der Waals surface area contributed by atoms with Crippen molar-refractivity contribution < 1.29 is 16.8 Å². The molecule has 1 saturated heterocycles. The zero-order valence-corrected chi connectivity index (χ0v) is 13.4. The molecule has 2 unspecified atom stereocenters. The average molecular weight is 311 g/mol. The third-order valence-corrected chi connectivity index (χ3v) is 7.43. The fourth-order valence-electron chi connectivity index (χ4n) is 2.53. The first-order chi connectivity index (χ1) is 8.78. The third-order valence-electron chi connectivity index (χ3n) is 3.80. The van der Waals surface area contributed by atoms with Crippen LogP contribution in [-0.2, 0) is 19.7 Å². The van der Waals surface area contributed by atoms with Crippen LogP contribution >= 0.6 is 0 Å². The number of nitrogens with one attached hydrogen (secondary N) is 1. The van der Waals surface area contributed by atoms with Crippen LogP contribution in [0.2, 0.25) is 0 Å². The highest BCUT2D eigenvalue weighted by Crippen LogP contribution is 2.24. The van der Waals surface area contributed by atoms with Crippen molar-refractivity contribution in [2.75, 3.05) is 30.1 Å². The Morgan fingerprint density at radius 1 is 1.37 bits per heavy atom. The summed E-state index contributed by atoms with van der Waals surface area (Å²) in [6, 6.07) is 0.213. The maximum Gasteiger partial charge on any atom is 0.150 e. The van der Waals surface area contributed by atoms with E-state index in [9.17, 15) is 16.8 Å². The van der Waals surface area contributed by atoms with Crippen LogP contribution in [0.15, 0.2) is 0 Å².